The van der Waals surface area contributed by atoms with E-state index in [0.717, 1.165) is 6.07 Å². The highest BCUT2D eigenvalue weighted by Gasteiger charge is 2.30. The van der Waals surface area contributed by atoms with Crippen molar-refractivity contribution in [3.63, 3.8) is 0 Å². The summed E-state index contributed by atoms with van der Waals surface area (Å²) in [5.41, 5.74) is 3.20. The van der Waals surface area contributed by atoms with E-state index in [4.69, 9.17) is 4.74 Å². The van der Waals surface area contributed by atoms with Gasteiger partial charge < -0.3 is 4.74 Å². The summed E-state index contributed by atoms with van der Waals surface area (Å²) in [6.07, 6.45) is 4.79. The van der Waals surface area contributed by atoms with Gasteiger partial charge >= 0.3 is 0 Å². The van der Waals surface area contributed by atoms with Gasteiger partial charge in [-0.1, -0.05) is 0 Å². The van der Waals surface area contributed by atoms with Crippen molar-refractivity contribution < 1.29 is 18.1 Å². The lowest BCUT2D eigenvalue weighted by atomic mass is 10.3. The summed E-state index contributed by atoms with van der Waals surface area (Å²) < 4.78 is 33.9. The molecule has 3 rings (SSSR count). The van der Waals surface area contributed by atoms with E-state index in [-0.39, 0.29) is 42.6 Å². The van der Waals surface area contributed by atoms with E-state index in [1.165, 1.54) is 22.7 Å². The predicted molar refractivity (Wildman–Crippen MR) is 97.1 cm³/mol. The third-order valence-electron chi connectivity index (χ3n) is 3.89. The highest BCUT2D eigenvalue weighted by Crippen LogP contribution is 2.29. The molecule has 1 N–H and O–H groups in total. The first-order valence-electron chi connectivity index (χ1n) is 8.02. The van der Waals surface area contributed by atoms with Gasteiger partial charge in [0, 0.05) is 44.0 Å². The Morgan fingerprint density at radius 1 is 1.37 bits per heavy atom. The fourth-order valence-electron chi connectivity index (χ4n) is 2.54. The van der Waals surface area contributed by atoms with Crippen molar-refractivity contribution in [2.45, 2.75) is 4.90 Å². The van der Waals surface area contributed by atoms with Gasteiger partial charge in [-0.25, -0.2) is 8.42 Å². The van der Waals surface area contributed by atoms with Crippen LogP contribution in [0.15, 0.2) is 40.6 Å². The number of hydrogen-bond donors (Lipinski definition) is 1. The summed E-state index contributed by atoms with van der Waals surface area (Å²) in [5, 5.41) is 19.1. The molecule has 1 aliphatic rings. The molecule has 12 heteroatoms. The van der Waals surface area contributed by atoms with Crippen LogP contribution < -0.4 is 5.43 Å². The van der Waals surface area contributed by atoms with Crippen molar-refractivity contribution in [2.75, 3.05) is 31.7 Å². The summed E-state index contributed by atoms with van der Waals surface area (Å²) >= 11 is 0. The van der Waals surface area contributed by atoms with Crippen molar-refractivity contribution in [1.29, 1.82) is 0 Å². The van der Waals surface area contributed by atoms with Crippen LogP contribution in [0.25, 0.3) is 0 Å². The highest BCUT2D eigenvalue weighted by atomic mass is 32.2. The molecule has 144 valence electrons. The zero-order valence-corrected chi connectivity index (χ0v) is 15.3. The van der Waals surface area contributed by atoms with Gasteiger partial charge in [-0.15, -0.1) is 0 Å². The molecule has 0 bridgehead atoms. The molecule has 0 amide bonds. The Morgan fingerprint density at radius 2 is 2.11 bits per heavy atom. The molecular formula is C15H18N6O5S. The van der Waals surface area contributed by atoms with Crippen LogP contribution in [0.5, 0.6) is 0 Å². The van der Waals surface area contributed by atoms with Gasteiger partial charge in [0.05, 0.1) is 36.2 Å². The molecule has 1 fully saturated rings. The number of aromatic nitrogens is 2. The number of hydrazone groups is 1. The van der Waals surface area contributed by atoms with E-state index in [9.17, 15) is 18.5 Å². The maximum absolute atomic E-state index is 13.0. The lowest BCUT2D eigenvalue weighted by Crippen LogP contribution is -2.40. The van der Waals surface area contributed by atoms with E-state index in [2.05, 4.69) is 15.6 Å². The average molecular weight is 394 g/mol. The van der Waals surface area contributed by atoms with Crippen LogP contribution >= 0.6 is 0 Å². The number of sulfonamides is 1. The molecule has 0 unspecified atom stereocenters. The van der Waals surface area contributed by atoms with Crippen LogP contribution in [-0.2, 0) is 21.8 Å². The summed E-state index contributed by atoms with van der Waals surface area (Å²) in [5.74, 6) is 0. The molecule has 0 aliphatic carbocycles. The zero-order chi connectivity index (χ0) is 19.4. The SMILES string of the molecule is Cn1cc(/C=N/Nc2ccc([N+](=O)[O-])cc2S(=O)(=O)N2CCOCC2)cn1. The molecule has 1 aliphatic heterocycles. The lowest BCUT2D eigenvalue weighted by Gasteiger charge is -2.26. The van der Waals surface area contributed by atoms with E-state index < -0.39 is 14.9 Å². The standard InChI is InChI=1S/C15H18N6O5S/c1-19-11-12(10-17-19)9-16-18-14-3-2-13(21(22)23)8-15(14)27(24,25)20-4-6-26-7-5-20/h2-3,8-11,18H,4-7H2,1H3/b16-9+. The first-order valence-corrected chi connectivity index (χ1v) is 9.46. The molecule has 0 saturated carbocycles. The number of benzene rings is 1. The molecule has 0 spiro atoms. The van der Waals surface area contributed by atoms with Crippen molar-refractivity contribution >= 4 is 27.6 Å². The third kappa shape index (κ3) is 4.30. The minimum Gasteiger partial charge on any atom is -0.379 e. The van der Waals surface area contributed by atoms with E-state index in [1.54, 1.807) is 24.1 Å². The molecule has 2 aromatic rings. The van der Waals surface area contributed by atoms with Gasteiger partial charge in [-0.2, -0.15) is 14.5 Å². The molecule has 11 nitrogen and oxygen atoms in total. The summed E-state index contributed by atoms with van der Waals surface area (Å²) in [6.45, 7) is 0.916. The highest BCUT2D eigenvalue weighted by molar-refractivity contribution is 7.89. The number of anilines is 1. The summed E-state index contributed by atoms with van der Waals surface area (Å²) in [4.78, 5) is 10.2. The normalized spacial score (nSPS) is 15.9. The van der Waals surface area contributed by atoms with Crippen LogP contribution in [-0.4, -0.2) is 59.9 Å². The number of aryl methyl sites for hydroxylation is 1. The Bertz CT molecular complexity index is 965. The first-order chi connectivity index (χ1) is 12.9. The molecule has 27 heavy (non-hydrogen) atoms. The lowest BCUT2D eigenvalue weighted by molar-refractivity contribution is -0.385. The Hall–Kier alpha value is -2.83. The van der Waals surface area contributed by atoms with Crippen LogP contribution in [0.4, 0.5) is 11.4 Å². The van der Waals surface area contributed by atoms with Crippen molar-refractivity contribution in [3.05, 3.63) is 46.3 Å². The van der Waals surface area contributed by atoms with Crippen molar-refractivity contribution in [3.8, 4) is 0 Å². The number of nitro groups is 1. The van der Waals surface area contributed by atoms with Gasteiger partial charge in [0.2, 0.25) is 10.0 Å². The molecule has 0 radical (unpaired) electrons. The summed E-state index contributed by atoms with van der Waals surface area (Å²) in [7, 11) is -2.19. The second kappa shape index (κ2) is 7.82. The molecule has 1 aromatic carbocycles. The second-order valence-corrected chi connectivity index (χ2v) is 7.68. The second-order valence-electron chi connectivity index (χ2n) is 5.77. The number of nitrogens with one attached hydrogen (secondary N) is 1. The largest absolute Gasteiger partial charge is 0.379 e. The van der Waals surface area contributed by atoms with Crippen LogP contribution in [0.1, 0.15) is 5.56 Å². The third-order valence-corrected chi connectivity index (χ3v) is 5.83. The monoisotopic (exact) mass is 394 g/mol. The van der Waals surface area contributed by atoms with Gasteiger partial charge in [-0.3, -0.25) is 20.2 Å². The van der Waals surface area contributed by atoms with Gasteiger partial charge in [-0.05, 0) is 6.07 Å². The number of rotatable bonds is 6. The van der Waals surface area contributed by atoms with E-state index >= 15 is 0 Å². The molecule has 1 saturated heterocycles. The Labute approximate surface area is 155 Å². The summed E-state index contributed by atoms with van der Waals surface area (Å²) in [6, 6.07) is 3.58. The number of non-ortho nitro benzene ring substituents is 1. The van der Waals surface area contributed by atoms with Crippen LogP contribution in [0, 0.1) is 10.1 Å². The van der Waals surface area contributed by atoms with Crippen LogP contribution in [0.3, 0.4) is 0 Å². The van der Waals surface area contributed by atoms with Crippen molar-refractivity contribution in [1.82, 2.24) is 14.1 Å². The minimum absolute atomic E-state index is 0.146. The number of hydrogen-bond acceptors (Lipinski definition) is 8. The van der Waals surface area contributed by atoms with E-state index in [0.29, 0.717) is 5.56 Å². The number of morpholine rings is 1. The maximum atomic E-state index is 13.0. The maximum Gasteiger partial charge on any atom is 0.270 e. The van der Waals surface area contributed by atoms with Gasteiger partial charge in [0.15, 0.2) is 0 Å². The smallest absolute Gasteiger partial charge is 0.270 e. The Kier molecular flexibility index (Phi) is 5.48. The molecule has 2 heterocycles. The van der Waals surface area contributed by atoms with E-state index in [1.807, 2.05) is 0 Å². The average Bonchev–Trinajstić information content (AvgIpc) is 3.07. The zero-order valence-electron chi connectivity index (χ0n) is 14.5. The van der Waals surface area contributed by atoms with Crippen molar-refractivity contribution in [2.24, 2.45) is 12.1 Å². The fourth-order valence-corrected chi connectivity index (χ4v) is 4.11. The first kappa shape index (κ1) is 18.9. The minimum atomic E-state index is -3.94. The number of nitro benzene ring substituents is 1. The van der Waals surface area contributed by atoms with Crippen LogP contribution in [0.2, 0.25) is 0 Å². The fraction of sp³-hybridized carbons (Fsp3) is 0.333. The van der Waals surface area contributed by atoms with Gasteiger partial charge in [0.1, 0.15) is 4.90 Å². The molecule has 0 atom stereocenters. The number of ether oxygens (including phenoxy) is 1. The topological polar surface area (TPSA) is 132 Å². The Morgan fingerprint density at radius 3 is 2.74 bits per heavy atom. The van der Waals surface area contributed by atoms with Gasteiger partial charge in [0.25, 0.3) is 5.69 Å². The Balaban J connectivity index is 1.93. The molecular weight excluding hydrogens is 376 g/mol. The number of nitrogens with zero attached hydrogens (tertiary/aromatic N) is 5. The predicted octanol–water partition coefficient (Wildman–Crippen LogP) is 0.795. The quantitative estimate of drug-likeness (QED) is 0.435. The molecule has 1 aromatic heterocycles.